The lowest BCUT2D eigenvalue weighted by Gasteiger charge is -1.71. The molecule has 0 atom stereocenters. The zero-order chi connectivity index (χ0) is 8.69. The molecule has 0 amide bonds. The molecule has 62 valence electrons. The largest absolute Gasteiger partial charge is 0.481 e. The number of halogens is 1. The minimum absolute atomic E-state index is 0.222. The van der Waals surface area contributed by atoms with E-state index in [1.165, 1.54) is 10.4 Å². The van der Waals surface area contributed by atoms with E-state index < -0.39 is 5.97 Å². The lowest BCUT2D eigenvalue weighted by Crippen LogP contribution is -1.86. The van der Waals surface area contributed by atoms with Gasteiger partial charge in [0.2, 0.25) is 0 Å². The predicted octanol–water partition coefficient (Wildman–Crippen LogP) is 1.37. The molecule has 0 aliphatic rings. The third-order valence-electron chi connectivity index (χ3n) is 0.775. The van der Waals surface area contributed by atoms with Crippen LogP contribution in [-0.2, 0) is 4.79 Å². The van der Waals surface area contributed by atoms with Crippen LogP contribution in [0, 0.1) is 0 Å². The fraction of sp³-hybridized carbons (Fsp3) is 0.333. The van der Waals surface area contributed by atoms with Crippen LogP contribution in [0.15, 0.2) is 18.7 Å². The highest BCUT2D eigenvalue weighted by atomic mass is 35.5. The molecule has 0 aliphatic carbocycles. The van der Waals surface area contributed by atoms with Gasteiger partial charge in [-0.15, -0.1) is 0 Å². The Hall–Kier alpha value is -1.03. The molecule has 0 saturated heterocycles. The first kappa shape index (κ1) is 9.97. The number of aliphatic carboxylic acids is 1. The Kier molecular flexibility index (Phi) is 5.20. The second-order valence-electron chi connectivity index (χ2n) is 1.65. The van der Waals surface area contributed by atoms with E-state index in [9.17, 15) is 4.79 Å². The summed E-state index contributed by atoms with van der Waals surface area (Å²) in [5.41, 5.74) is 0. The van der Waals surface area contributed by atoms with Gasteiger partial charge in [0.25, 0.3) is 0 Å². The normalized spacial score (nSPS) is 8.18. The van der Waals surface area contributed by atoms with Crippen molar-refractivity contribution in [2.75, 3.05) is 0 Å². The van der Waals surface area contributed by atoms with Crippen LogP contribution in [0.5, 0.6) is 0 Å². The molecule has 0 unspecified atom stereocenters. The molecule has 1 aromatic rings. The van der Waals surface area contributed by atoms with Crippen LogP contribution in [0.4, 0.5) is 0 Å². The van der Waals surface area contributed by atoms with Gasteiger partial charge in [-0.25, -0.2) is 9.07 Å². The second-order valence-corrected chi connectivity index (χ2v) is 2.04. The Morgan fingerprint density at radius 2 is 2.36 bits per heavy atom. The Morgan fingerprint density at radius 1 is 1.82 bits per heavy atom. The van der Waals surface area contributed by atoms with Crippen molar-refractivity contribution in [2.45, 2.75) is 13.3 Å². The number of nitrogens with zero attached hydrogens (tertiary/aromatic N) is 2. The van der Waals surface area contributed by atoms with E-state index in [2.05, 4.69) is 4.98 Å². The molecule has 5 heteroatoms. The molecule has 0 aliphatic heterocycles. The second kappa shape index (κ2) is 5.73. The molecule has 0 aromatic carbocycles. The molecule has 11 heavy (non-hydrogen) atoms. The first-order chi connectivity index (χ1) is 5.16. The molecule has 0 spiro atoms. The van der Waals surface area contributed by atoms with Gasteiger partial charge in [-0.3, -0.25) is 4.79 Å². The van der Waals surface area contributed by atoms with Crippen molar-refractivity contribution in [3.05, 3.63) is 18.7 Å². The summed E-state index contributed by atoms with van der Waals surface area (Å²) in [6, 6.07) is 0. The van der Waals surface area contributed by atoms with E-state index >= 15 is 0 Å². The van der Waals surface area contributed by atoms with E-state index in [1.807, 2.05) is 0 Å². The summed E-state index contributed by atoms with van der Waals surface area (Å²) in [6.45, 7) is 1.60. The van der Waals surface area contributed by atoms with Crippen LogP contribution in [0.2, 0.25) is 0 Å². The highest BCUT2D eigenvalue weighted by Crippen LogP contribution is 1.83. The van der Waals surface area contributed by atoms with Gasteiger partial charge in [0.1, 0.15) is 6.33 Å². The van der Waals surface area contributed by atoms with Crippen molar-refractivity contribution < 1.29 is 9.90 Å². The van der Waals surface area contributed by atoms with Gasteiger partial charge in [-0.05, 0) is 0 Å². The van der Waals surface area contributed by atoms with Crippen molar-refractivity contribution in [1.82, 2.24) is 9.07 Å². The number of carboxylic acid groups (broad SMARTS) is 1. The van der Waals surface area contributed by atoms with Crippen molar-refractivity contribution in [2.24, 2.45) is 0 Å². The summed E-state index contributed by atoms with van der Waals surface area (Å²) >= 11 is 5.31. The molecule has 0 radical (unpaired) electrons. The van der Waals surface area contributed by atoms with Gasteiger partial charge >= 0.3 is 5.97 Å². The summed E-state index contributed by atoms with van der Waals surface area (Å²) in [4.78, 5) is 13.0. The van der Waals surface area contributed by atoms with Crippen molar-refractivity contribution >= 4 is 17.7 Å². The number of rotatable bonds is 1. The lowest BCUT2D eigenvalue weighted by atomic mass is 10.5. The van der Waals surface area contributed by atoms with Crippen LogP contribution in [0.3, 0.4) is 0 Å². The number of hydrogen-bond donors (Lipinski definition) is 1. The van der Waals surface area contributed by atoms with Crippen molar-refractivity contribution in [3.8, 4) is 0 Å². The van der Waals surface area contributed by atoms with Gasteiger partial charge in [0.05, 0.1) is 0 Å². The van der Waals surface area contributed by atoms with Crippen LogP contribution in [-0.4, -0.2) is 20.1 Å². The highest BCUT2D eigenvalue weighted by molar-refractivity contribution is 6.15. The average molecular weight is 177 g/mol. The maximum absolute atomic E-state index is 9.37. The Bertz CT molecular complexity index is 198. The Balaban J connectivity index is 0.000000187. The third kappa shape index (κ3) is 6.86. The number of carboxylic acids is 1. The average Bonchev–Trinajstić information content (AvgIpc) is 2.41. The fourth-order valence-corrected chi connectivity index (χ4v) is 0.344. The molecule has 1 N–H and O–H groups in total. The first-order valence-corrected chi connectivity index (χ1v) is 3.36. The minimum atomic E-state index is -0.745. The number of imidazole rings is 1. The minimum Gasteiger partial charge on any atom is -0.481 e. The number of hydrogen-bond acceptors (Lipinski definition) is 2. The van der Waals surface area contributed by atoms with Crippen LogP contribution < -0.4 is 0 Å². The topological polar surface area (TPSA) is 55.1 Å². The fourth-order valence-electron chi connectivity index (χ4n) is 0.243. The van der Waals surface area contributed by atoms with Gasteiger partial charge in [-0.2, -0.15) is 0 Å². The lowest BCUT2D eigenvalue weighted by molar-refractivity contribution is -0.136. The maximum Gasteiger partial charge on any atom is 0.303 e. The predicted molar refractivity (Wildman–Crippen MR) is 41.4 cm³/mol. The van der Waals surface area contributed by atoms with Crippen molar-refractivity contribution in [1.29, 1.82) is 0 Å². The highest BCUT2D eigenvalue weighted by Gasteiger charge is 1.80. The van der Waals surface area contributed by atoms with Crippen molar-refractivity contribution in [3.63, 3.8) is 0 Å². The van der Waals surface area contributed by atoms with E-state index in [-0.39, 0.29) is 6.42 Å². The quantitative estimate of drug-likeness (QED) is 0.703. The summed E-state index contributed by atoms with van der Waals surface area (Å²) < 4.78 is 1.36. The monoisotopic (exact) mass is 176 g/mol. The standard InChI is InChI=1S/C3H3ClN2.C3H6O2/c4-6-2-1-5-3-6;1-2-3(4)5/h1-3H;2H2,1H3,(H,4,5). The zero-order valence-electron chi connectivity index (χ0n) is 6.07. The molecule has 1 aromatic heterocycles. The molecule has 4 nitrogen and oxygen atoms in total. The van der Waals surface area contributed by atoms with Crippen LogP contribution >= 0.6 is 11.8 Å². The molecule has 0 bridgehead atoms. The first-order valence-electron chi connectivity index (χ1n) is 3.02. The van der Waals surface area contributed by atoms with E-state index in [1.54, 1.807) is 19.3 Å². The zero-order valence-corrected chi connectivity index (χ0v) is 6.82. The summed E-state index contributed by atoms with van der Waals surface area (Å²) in [6.07, 6.45) is 5.01. The van der Waals surface area contributed by atoms with E-state index in [4.69, 9.17) is 16.9 Å². The molecule has 1 rings (SSSR count). The summed E-state index contributed by atoms with van der Waals surface area (Å²) in [7, 11) is 0. The smallest absolute Gasteiger partial charge is 0.303 e. The Morgan fingerprint density at radius 3 is 2.45 bits per heavy atom. The van der Waals surface area contributed by atoms with E-state index in [0.717, 1.165) is 0 Å². The van der Waals surface area contributed by atoms with Gasteiger partial charge in [0.15, 0.2) is 0 Å². The summed E-state index contributed by atoms with van der Waals surface area (Å²) in [5.74, 6) is -0.745. The number of carbonyl (C=O) groups is 1. The van der Waals surface area contributed by atoms with Gasteiger partial charge in [0, 0.05) is 30.6 Å². The molecule has 0 saturated carbocycles. The number of aromatic nitrogens is 2. The van der Waals surface area contributed by atoms with E-state index in [0.29, 0.717) is 0 Å². The third-order valence-corrected chi connectivity index (χ3v) is 0.975. The SMILES string of the molecule is CCC(=O)O.Cln1ccnc1. The van der Waals surface area contributed by atoms with Crippen LogP contribution in [0.25, 0.3) is 0 Å². The maximum atomic E-state index is 9.37. The Labute approximate surface area is 69.5 Å². The van der Waals surface area contributed by atoms with Gasteiger partial charge in [-0.1, -0.05) is 6.92 Å². The summed E-state index contributed by atoms with van der Waals surface area (Å²) in [5, 5.41) is 7.72. The van der Waals surface area contributed by atoms with Crippen LogP contribution in [0.1, 0.15) is 13.3 Å². The van der Waals surface area contributed by atoms with Gasteiger partial charge < -0.3 is 5.11 Å². The molecule has 0 fully saturated rings. The molecular weight excluding hydrogens is 168 g/mol. The molecular formula is C6H9ClN2O2. The molecule has 1 heterocycles.